The molecule has 1 aromatic heterocycles. The summed E-state index contributed by atoms with van der Waals surface area (Å²) in [6.07, 6.45) is 6.93. The Kier molecular flexibility index (Phi) is 3.54. The van der Waals surface area contributed by atoms with E-state index in [4.69, 9.17) is 0 Å². The Labute approximate surface area is 130 Å². The van der Waals surface area contributed by atoms with E-state index in [1.807, 2.05) is 24.9 Å². The van der Waals surface area contributed by atoms with Gasteiger partial charge in [-0.2, -0.15) is 5.10 Å². The molecule has 0 radical (unpaired) electrons. The second-order valence-corrected chi connectivity index (χ2v) is 6.35. The zero-order chi connectivity index (χ0) is 15.9. The van der Waals surface area contributed by atoms with Crippen molar-refractivity contribution in [3.05, 3.63) is 30.6 Å². The third kappa shape index (κ3) is 2.42. The molecular formula is C16H22N4O2. The van der Waals surface area contributed by atoms with Gasteiger partial charge in [0.15, 0.2) is 0 Å². The topological polar surface area (TPSA) is 58.4 Å². The fourth-order valence-corrected chi connectivity index (χ4v) is 3.19. The highest BCUT2D eigenvalue weighted by Crippen LogP contribution is 2.45. The minimum Gasteiger partial charge on any atom is -0.335 e. The number of rotatable bonds is 3. The third-order valence-electron chi connectivity index (χ3n) is 4.72. The van der Waals surface area contributed by atoms with Crippen LogP contribution in [0.4, 0.5) is 0 Å². The molecule has 1 unspecified atom stereocenters. The normalized spacial score (nSPS) is 20.8. The molecule has 1 atom stereocenters. The highest BCUT2D eigenvalue weighted by Gasteiger charge is 2.54. The van der Waals surface area contributed by atoms with E-state index in [9.17, 15) is 9.59 Å². The zero-order valence-electron chi connectivity index (χ0n) is 13.2. The van der Waals surface area contributed by atoms with Crippen molar-refractivity contribution < 1.29 is 9.59 Å². The fraction of sp³-hybridized carbons (Fsp3) is 0.562. The minimum atomic E-state index is -0.312. The number of aryl methyl sites for hydroxylation is 1. The number of carbonyl (C=O) groups excluding carboxylic acids is 2. The molecule has 1 saturated heterocycles. The molecule has 1 spiro atoms. The van der Waals surface area contributed by atoms with Crippen LogP contribution < -0.4 is 0 Å². The lowest BCUT2D eigenvalue weighted by atomic mass is 10.1. The second-order valence-electron chi connectivity index (χ2n) is 6.35. The molecule has 0 bridgehead atoms. The number of nitrogens with zero attached hydrogens (tertiary/aromatic N) is 4. The summed E-state index contributed by atoms with van der Waals surface area (Å²) in [4.78, 5) is 28.4. The van der Waals surface area contributed by atoms with Gasteiger partial charge in [0.1, 0.15) is 6.04 Å². The molecule has 0 N–H and O–H groups in total. The summed E-state index contributed by atoms with van der Waals surface area (Å²) in [5, 5.41) is 4.25. The molecule has 1 saturated carbocycles. The lowest BCUT2D eigenvalue weighted by Gasteiger charge is -2.42. The van der Waals surface area contributed by atoms with Crippen LogP contribution in [0.2, 0.25) is 0 Å². The molecule has 0 aromatic carbocycles. The first kappa shape index (κ1) is 14.8. The summed E-state index contributed by atoms with van der Waals surface area (Å²) in [5.41, 5.74) is 0.881. The van der Waals surface area contributed by atoms with Gasteiger partial charge in [0.05, 0.1) is 11.7 Å². The van der Waals surface area contributed by atoms with Crippen molar-refractivity contribution in [3.8, 4) is 0 Å². The van der Waals surface area contributed by atoms with Gasteiger partial charge in [0.25, 0.3) is 0 Å². The Hall–Kier alpha value is -2.11. The van der Waals surface area contributed by atoms with E-state index in [1.165, 1.54) is 6.08 Å². The highest BCUT2D eigenvalue weighted by molar-refractivity contribution is 5.88. The van der Waals surface area contributed by atoms with Crippen LogP contribution in [0.15, 0.2) is 25.0 Å². The van der Waals surface area contributed by atoms with Crippen molar-refractivity contribution in [1.29, 1.82) is 0 Å². The van der Waals surface area contributed by atoms with E-state index in [1.54, 1.807) is 15.8 Å². The van der Waals surface area contributed by atoms with E-state index in [0.717, 1.165) is 18.4 Å². The largest absolute Gasteiger partial charge is 0.335 e. The quantitative estimate of drug-likeness (QED) is 0.787. The molecule has 1 aliphatic carbocycles. The van der Waals surface area contributed by atoms with Gasteiger partial charge in [0.2, 0.25) is 11.8 Å². The molecule has 118 valence electrons. The summed E-state index contributed by atoms with van der Waals surface area (Å²) in [7, 11) is 0. The first-order valence-electron chi connectivity index (χ1n) is 7.70. The van der Waals surface area contributed by atoms with E-state index in [0.29, 0.717) is 19.6 Å². The van der Waals surface area contributed by atoms with Crippen LogP contribution >= 0.6 is 0 Å². The number of hydrogen-bond acceptors (Lipinski definition) is 3. The number of amides is 2. The SMILES string of the molecule is C=CC(=O)N1CCN(C(=O)C(C)n2cc(C)cn2)C2(CC2)C1. The molecule has 2 aliphatic rings. The Morgan fingerprint density at radius 2 is 2.14 bits per heavy atom. The number of aromatic nitrogens is 2. The maximum Gasteiger partial charge on any atom is 0.247 e. The summed E-state index contributed by atoms with van der Waals surface area (Å²) in [6.45, 7) is 9.17. The van der Waals surface area contributed by atoms with E-state index < -0.39 is 0 Å². The van der Waals surface area contributed by atoms with Crippen LogP contribution in [-0.2, 0) is 9.59 Å². The maximum atomic E-state index is 12.9. The van der Waals surface area contributed by atoms with Gasteiger partial charge in [-0.1, -0.05) is 6.58 Å². The molecule has 3 rings (SSSR count). The first-order valence-corrected chi connectivity index (χ1v) is 7.70. The molecule has 22 heavy (non-hydrogen) atoms. The smallest absolute Gasteiger partial charge is 0.247 e. The Balaban J connectivity index is 1.74. The van der Waals surface area contributed by atoms with Crippen LogP contribution in [0.3, 0.4) is 0 Å². The van der Waals surface area contributed by atoms with Crippen molar-refractivity contribution in [2.45, 2.75) is 38.3 Å². The van der Waals surface area contributed by atoms with Crippen LogP contribution in [0.1, 0.15) is 31.4 Å². The van der Waals surface area contributed by atoms with Crippen molar-refractivity contribution in [3.63, 3.8) is 0 Å². The number of hydrogen-bond donors (Lipinski definition) is 0. The van der Waals surface area contributed by atoms with Gasteiger partial charge in [0, 0.05) is 25.8 Å². The molecule has 1 aliphatic heterocycles. The Bertz CT molecular complexity index is 617. The van der Waals surface area contributed by atoms with Crippen LogP contribution in [0.25, 0.3) is 0 Å². The molecule has 2 heterocycles. The van der Waals surface area contributed by atoms with Crippen molar-refractivity contribution in [2.75, 3.05) is 19.6 Å². The third-order valence-corrected chi connectivity index (χ3v) is 4.72. The molecule has 1 aromatic rings. The predicted octanol–water partition coefficient (Wildman–Crippen LogP) is 1.14. The first-order chi connectivity index (χ1) is 10.5. The van der Waals surface area contributed by atoms with Crippen molar-refractivity contribution >= 4 is 11.8 Å². The summed E-state index contributed by atoms with van der Waals surface area (Å²) >= 11 is 0. The van der Waals surface area contributed by atoms with Gasteiger partial charge in [-0.3, -0.25) is 14.3 Å². The van der Waals surface area contributed by atoms with Crippen molar-refractivity contribution in [2.24, 2.45) is 0 Å². The van der Waals surface area contributed by atoms with Crippen LogP contribution in [0, 0.1) is 6.92 Å². The molecular weight excluding hydrogens is 280 g/mol. The fourth-order valence-electron chi connectivity index (χ4n) is 3.19. The average Bonchev–Trinajstić information content (AvgIpc) is 3.14. The lowest BCUT2D eigenvalue weighted by Crippen LogP contribution is -2.59. The zero-order valence-corrected chi connectivity index (χ0v) is 13.2. The van der Waals surface area contributed by atoms with Gasteiger partial charge < -0.3 is 9.80 Å². The number of piperazine rings is 1. The number of carbonyl (C=O) groups is 2. The van der Waals surface area contributed by atoms with Gasteiger partial charge in [-0.15, -0.1) is 0 Å². The molecule has 2 amide bonds. The minimum absolute atomic E-state index is 0.0471. The maximum absolute atomic E-state index is 12.9. The molecule has 2 fully saturated rings. The van der Waals surface area contributed by atoms with Crippen molar-refractivity contribution in [1.82, 2.24) is 19.6 Å². The molecule has 6 heteroatoms. The molecule has 6 nitrogen and oxygen atoms in total. The van der Waals surface area contributed by atoms with E-state index in [-0.39, 0.29) is 23.4 Å². The van der Waals surface area contributed by atoms with Gasteiger partial charge >= 0.3 is 0 Å². The Morgan fingerprint density at radius 3 is 2.68 bits per heavy atom. The van der Waals surface area contributed by atoms with E-state index in [2.05, 4.69) is 11.7 Å². The predicted molar refractivity (Wildman–Crippen MR) is 82.1 cm³/mol. The van der Waals surface area contributed by atoms with Gasteiger partial charge in [-0.05, 0) is 38.3 Å². The summed E-state index contributed by atoms with van der Waals surface area (Å²) in [5.74, 6) is 0.0421. The van der Waals surface area contributed by atoms with Crippen LogP contribution in [0.5, 0.6) is 0 Å². The summed E-state index contributed by atoms with van der Waals surface area (Å²) in [6, 6.07) is -0.312. The Morgan fingerprint density at radius 1 is 1.41 bits per heavy atom. The van der Waals surface area contributed by atoms with Crippen LogP contribution in [-0.4, -0.2) is 56.6 Å². The highest BCUT2D eigenvalue weighted by atomic mass is 16.2. The summed E-state index contributed by atoms with van der Waals surface area (Å²) < 4.78 is 1.72. The second kappa shape index (κ2) is 5.26. The monoisotopic (exact) mass is 302 g/mol. The lowest BCUT2D eigenvalue weighted by molar-refractivity contribution is -0.144. The van der Waals surface area contributed by atoms with E-state index >= 15 is 0 Å². The average molecular weight is 302 g/mol. The van der Waals surface area contributed by atoms with Gasteiger partial charge in [-0.25, -0.2) is 0 Å². The standard InChI is InChI=1S/C16H22N4O2/c1-4-14(21)18-7-8-19(16(11-18)5-6-16)15(22)13(3)20-10-12(2)9-17-20/h4,9-10,13H,1,5-8,11H2,2-3H3.